The highest BCUT2D eigenvalue weighted by atomic mass is 35.5. The molecule has 1 aromatic carbocycles. The fraction of sp³-hybridized carbons (Fsp3) is 0.300. The summed E-state index contributed by atoms with van der Waals surface area (Å²) in [7, 11) is 0. The molecule has 0 saturated carbocycles. The van der Waals surface area contributed by atoms with Crippen LogP contribution in [0, 0.1) is 5.41 Å². The lowest BCUT2D eigenvalue weighted by Gasteiger charge is -2.04. The van der Waals surface area contributed by atoms with Crippen LogP contribution in [-0.2, 0) is 4.74 Å². The van der Waals surface area contributed by atoms with E-state index in [0.29, 0.717) is 18.3 Å². The van der Waals surface area contributed by atoms with Gasteiger partial charge in [0.2, 0.25) is 0 Å². The minimum Gasteiger partial charge on any atom is -0.481 e. The average Bonchev–Trinajstić information content (AvgIpc) is 2.15. The Morgan fingerprint density at radius 2 is 2.36 bits per heavy atom. The van der Waals surface area contributed by atoms with E-state index in [-0.39, 0.29) is 0 Å². The number of rotatable bonds is 4. The normalized spacial score (nSPS) is 9.86. The van der Waals surface area contributed by atoms with Crippen molar-refractivity contribution in [2.24, 2.45) is 0 Å². The van der Waals surface area contributed by atoms with Gasteiger partial charge in [-0.2, -0.15) is 0 Å². The first-order valence-electron chi connectivity index (χ1n) is 4.31. The summed E-state index contributed by atoms with van der Waals surface area (Å²) in [6.45, 7) is 2.42. The summed E-state index contributed by atoms with van der Waals surface area (Å²) in [5.74, 6) is 0.853. The predicted octanol–water partition coefficient (Wildman–Crippen LogP) is 3.45. The Hall–Kier alpha value is -0.670. The molecule has 0 radical (unpaired) electrons. The zero-order chi connectivity index (χ0) is 10.4. The van der Waals surface area contributed by atoms with E-state index in [1.807, 2.05) is 31.2 Å². The second-order valence-corrected chi connectivity index (χ2v) is 4.09. The number of benzene rings is 1. The molecule has 0 fully saturated rings. The molecule has 1 rings (SSSR count). The van der Waals surface area contributed by atoms with Crippen LogP contribution >= 0.6 is 23.4 Å². The van der Waals surface area contributed by atoms with E-state index in [2.05, 4.69) is 0 Å². The Labute approximate surface area is 93.1 Å². The topological polar surface area (TPSA) is 33.1 Å². The third-order valence-electron chi connectivity index (χ3n) is 1.48. The van der Waals surface area contributed by atoms with Crippen LogP contribution in [0.4, 0.5) is 0 Å². The fourth-order valence-electron chi connectivity index (χ4n) is 0.922. The van der Waals surface area contributed by atoms with E-state index in [0.717, 1.165) is 9.92 Å². The maximum atomic E-state index is 7.42. The van der Waals surface area contributed by atoms with Crippen LogP contribution in [0.5, 0.6) is 0 Å². The molecule has 76 valence electrons. The quantitative estimate of drug-likeness (QED) is 0.487. The first-order valence-corrected chi connectivity index (χ1v) is 5.67. The molecule has 0 atom stereocenters. The van der Waals surface area contributed by atoms with Crippen LogP contribution in [0.15, 0.2) is 29.2 Å². The molecule has 0 bridgehead atoms. The van der Waals surface area contributed by atoms with Gasteiger partial charge < -0.3 is 4.74 Å². The van der Waals surface area contributed by atoms with Crippen LogP contribution in [0.25, 0.3) is 0 Å². The zero-order valence-corrected chi connectivity index (χ0v) is 9.49. The summed E-state index contributed by atoms with van der Waals surface area (Å²) in [5.41, 5.74) is 0. The molecule has 0 spiro atoms. The highest BCUT2D eigenvalue weighted by molar-refractivity contribution is 8.00. The molecule has 0 aliphatic carbocycles. The monoisotopic (exact) mass is 229 g/mol. The Balaban J connectivity index is 2.41. The van der Waals surface area contributed by atoms with Gasteiger partial charge in [-0.05, 0) is 25.1 Å². The number of hydrogen-bond acceptors (Lipinski definition) is 3. The van der Waals surface area contributed by atoms with Crippen molar-refractivity contribution in [3.63, 3.8) is 0 Å². The number of thioether (sulfide) groups is 1. The largest absolute Gasteiger partial charge is 0.481 e. The second-order valence-electron chi connectivity index (χ2n) is 2.60. The molecule has 0 aromatic heterocycles. The van der Waals surface area contributed by atoms with Crippen molar-refractivity contribution < 1.29 is 4.74 Å². The summed E-state index contributed by atoms with van der Waals surface area (Å²) in [4.78, 5) is 1.06. The van der Waals surface area contributed by atoms with Gasteiger partial charge in [-0.1, -0.05) is 17.7 Å². The van der Waals surface area contributed by atoms with Crippen molar-refractivity contribution in [2.45, 2.75) is 11.8 Å². The van der Waals surface area contributed by atoms with Crippen LogP contribution in [0.1, 0.15) is 6.92 Å². The molecule has 0 amide bonds. The van der Waals surface area contributed by atoms with Crippen LogP contribution in [0.3, 0.4) is 0 Å². The fourth-order valence-corrected chi connectivity index (χ4v) is 1.94. The summed E-state index contributed by atoms with van der Waals surface area (Å²) < 4.78 is 5.02. The highest BCUT2D eigenvalue weighted by Gasteiger charge is 1.99. The molecule has 0 heterocycles. The maximum absolute atomic E-state index is 7.42. The average molecular weight is 230 g/mol. The van der Waals surface area contributed by atoms with Crippen molar-refractivity contribution in [3.8, 4) is 0 Å². The molecular formula is C10H12ClNOS. The Morgan fingerprint density at radius 3 is 3.00 bits per heavy atom. The number of nitrogens with one attached hydrogen (secondary N) is 1. The van der Waals surface area contributed by atoms with Crippen LogP contribution in [-0.4, -0.2) is 18.3 Å². The van der Waals surface area contributed by atoms with E-state index in [9.17, 15) is 0 Å². The molecule has 0 unspecified atom stereocenters. The van der Waals surface area contributed by atoms with E-state index in [4.69, 9.17) is 21.7 Å². The second kappa shape index (κ2) is 5.94. The van der Waals surface area contributed by atoms with Crippen molar-refractivity contribution in [1.29, 1.82) is 5.41 Å². The summed E-state index contributed by atoms with van der Waals surface area (Å²) in [5, 5.41) is 8.14. The lowest BCUT2D eigenvalue weighted by atomic mass is 10.4. The molecular weight excluding hydrogens is 218 g/mol. The zero-order valence-electron chi connectivity index (χ0n) is 7.92. The molecule has 1 aromatic rings. The molecule has 0 aliphatic rings. The smallest absolute Gasteiger partial charge is 0.190 e. The van der Waals surface area contributed by atoms with Gasteiger partial charge in [0.25, 0.3) is 0 Å². The predicted molar refractivity (Wildman–Crippen MR) is 61.5 cm³/mol. The number of halogens is 1. The van der Waals surface area contributed by atoms with Crippen LogP contribution < -0.4 is 0 Å². The first-order chi connectivity index (χ1) is 6.72. The number of ether oxygens (including phenoxy) is 1. The first kappa shape index (κ1) is 11.4. The van der Waals surface area contributed by atoms with Gasteiger partial charge in [0.1, 0.15) is 0 Å². The third-order valence-corrected chi connectivity index (χ3v) is 2.71. The molecule has 2 nitrogen and oxygen atoms in total. The summed E-state index contributed by atoms with van der Waals surface area (Å²) in [6, 6.07) is 7.58. The van der Waals surface area contributed by atoms with Crippen LogP contribution in [0.2, 0.25) is 5.02 Å². The standard InChI is InChI=1S/C10H12ClNOS/c1-2-13-10(12)7-14-9-5-3-4-8(11)6-9/h3-6,12H,2,7H2,1H3. The van der Waals surface area contributed by atoms with E-state index in [1.165, 1.54) is 0 Å². The molecule has 0 saturated heterocycles. The van der Waals surface area contributed by atoms with Gasteiger partial charge in [0.05, 0.1) is 12.4 Å². The molecule has 4 heteroatoms. The van der Waals surface area contributed by atoms with Gasteiger partial charge in [0, 0.05) is 9.92 Å². The molecule has 1 N–H and O–H groups in total. The third kappa shape index (κ3) is 4.03. The SMILES string of the molecule is CCOC(=N)CSc1cccc(Cl)c1. The van der Waals surface area contributed by atoms with Crippen molar-refractivity contribution >= 4 is 29.3 Å². The van der Waals surface area contributed by atoms with Crippen molar-refractivity contribution in [1.82, 2.24) is 0 Å². The van der Waals surface area contributed by atoms with E-state index >= 15 is 0 Å². The van der Waals surface area contributed by atoms with Crippen molar-refractivity contribution in [2.75, 3.05) is 12.4 Å². The molecule has 14 heavy (non-hydrogen) atoms. The number of hydrogen-bond donors (Lipinski definition) is 1. The summed E-state index contributed by atoms with van der Waals surface area (Å²) in [6.07, 6.45) is 0. The highest BCUT2D eigenvalue weighted by Crippen LogP contribution is 2.21. The Kier molecular flexibility index (Phi) is 4.84. The lowest BCUT2D eigenvalue weighted by molar-refractivity contribution is 0.322. The minimum absolute atomic E-state index is 0.303. The maximum Gasteiger partial charge on any atom is 0.190 e. The van der Waals surface area contributed by atoms with Crippen molar-refractivity contribution in [3.05, 3.63) is 29.3 Å². The van der Waals surface area contributed by atoms with E-state index in [1.54, 1.807) is 11.8 Å². The molecule has 0 aliphatic heterocycles. The summed E-state index contributed by atoms with van der Waals surface area (Å²) >= 11 is 7.37. The van der Waals surface area contributed by atoms with E-state index < -0.39 is 0 Å². The lowest BCUT2D eigenvalue weighted by Crippen LogP contribution is -2.05. The van der Waals surface area contributed by atoms with Gasteiger partial charge in [-0.25, -0.2) is 0 Å². The van der Waals surface area contributed by atoms with Gasteiger partial charge >= 0.3 is 0 Å². The van der Waals surface area contributed by atoms with Gasteiger partial charge in [0.15, 0.2) is 5.90 Å². The Morgan fingerprint density at radius 1 is 1.57 bits per heavy atom. The Bertz CT molecular complexity index is 317. The van der Waals surface area contributed by atoms with Gasteiger partial charge in [-0.15, -0.1) is 11.8 Å². The van der Waals surface area contributed by atoms with Gasteiger partial charge in [-0.3, -0.25) is 5.41 Å². The minimum atomic E-state index is 0.303.